The maximum atomic E-state index is 12.9. The van der Waals surface area contributed by atoms with Crippen LogP contribution in [0.1, 0.15) is 22.3 Å². The van der Waals surface area contributed by atoms with Crippen LogP contribution in [0.3, 0.4) is 0 Å². The van der Waals surface area contributed by atoms with Crippen LogP contribution in [0.25, 0.3) is 0 Å². The van der Waals surface area contributed by atoms with E-state index >= 15 is 0 Å². The minimum atomic E-state index is -4.82. The van der Waals surface area contributed by atoms with E-state index in [9.17, 15) is 26.7 Å². The number of rotatable bonds is 4. The molecule has 144 valence electrons. The number of benzene rings is 2. The monoisotopic (exact) mass is 387 g/mol. The zero-order valence-electron chi connectivity index (χ0n) is 13.8. The lowest BCUT2D eigenvalue weighted by Crippen LogP contribution is -2.35. The number of carbonyl (C=O) groups excluding carboxylic acids is 1. The molecule has 0 saturated carbocycles. The molecule has 0 aliphatic carbocycles. The van der Waals surface area contributed by atoms with E-state index in [0.29, 0.717) is 30.6 Å². The van der Waals surface area contributed by atoms with Crippen LogP contribution in [0.2, 0.25) is 0 Å². The van der Waals surface area contributed by atoms with Crippen LogP contribution >= 0.6 is 0 Å². The highest BCUT2D eigenvalue weighted by atomic mass is 19.4. The number of hydrogen-bond acceptors (Lipinski definition) is 3. The molecule has 0 bridgehead atoms. The maximum absolute atomic E-state index is 12.9. The molecule has 0 N–H and O–H groups in total. The van der Waals surface area contributed by atoms with Crippen molar-refractivity contribution in [3.63, 3.8) is 0 Å². The van der Waals surface area contributed by atoms with Crippen molar-refractivity contribution in [3.05, 3.63) is 53.6 Å². The summed E-state index contributed by atoms with van der Waals surface area (Å²) in [5.74, 6) is -1.21. The number of ether oxygens (including phenoxy) is 2. The lowest BCUT2D eigenvalue weighted by Gasteiger charge is -2.30. The summed E-state index contributed by atoms with van der Waals surface area (Å²) in [7, 11) is 0. The Labute approximate surface area is 151 Å². The molecule has 2 aromatic rings. The van der Waals surface area contributed by atoms with Crippen molar-refractivity contribution in [1.29, 1.82) is 0 Å². The first kappa shape index (κ1) is 18.9. The van der Waals surface area contributed by atoms with Gasteiger partial charge >= 0.3 is 13.0 Å². The molecule has 4 nitrogen and oxygen atoms in total. The number of fused-ring (bicyclic) bond motifs is 1. The fraction of sp³-hybridized carbons (Fsp3) is 0.278. The molecule has 1 aliphatic heterocycles. The van der Waals surface area contributed by atoms with Gasteiger partial charge in [0.1, 0.15) is 11.5 Å². The lowest BCUT2D eigenvalue weighted by molar-refractivity contribution is -0.274. The number of halogens is 5. The topological polar surface area (TPSA) is 38.8 Å². The van der Waals surface area contributed by atoms with Crippen LogP contribution in [0, 0.1) is 0 Å². The first-order valence-corrected chi connectivity index (χ1v) is 7.99. The number of para-hydroxylation sites is 1. The molecule has 1 aliphatic rings. The number of alkyl halides is 5. The summed E-state index contributed by atoms with van der Waals surface area (Å²) in [5, 5.41) is 0. The van der Waals surface area contributed by atoms with Gasteiger partial charge in [0.15, 0.2) is 0 Å². The Morgan fingerprint density at radius 1 is 1.11 bits per heavy atom. The average molecular weight is 387 g/mol. The fourth-order valence-electron chi connectivity index (χ4n) is 2.97. The molecule has 1 amide bonds. The van der Waals surface area contributed by atoms with Crippen LogP contribution in [0.5, 0.6) is 11.5 Å². The first-order valence-electron chi connectivity index (χ1n) is 7.99. The summed E-state index contributed by atoms with van der Waals surface area (Å²) in [6, 6.07) is 9.27. The zero-order chi connectivity index (χ0) is 19.6. The Morgan fingerprint density at radius 3 is 2.56 bits per heavy atom. The van der Waals surface area contributed by atoms with Crippen LogP contribution < -0.4 is 14.4 Å². The molecule has 0 spiro atoms. The van der Waals surface area contributed by atoms with Gasteiger partial charge in [0.2, 0.25) is 0 Å². The highest BCUT2D eigenvalue weighted by Crippen LogP contribution is 2.34. The third-order valence-electron chi connectivity index (χ3n) is 3.98. The molecule has 1 heterocycles. The van der Waals surface area contributed by atoms with Gasteiger partial charge in [-0.1, -0.05) is 12.1 Å². The third kappa shape index (κ3) is 4.47. The minimum Gasteiger partial charge on any atom is -0.434 e. The Kier molecular flexibility index (Phi) is 5.20. The van der Waals surface area contributed by atoms with Crippen LogP contribution in [0.4, 0.5) is 27.6 Å². The molecule has 0 aromatic heterocycles. The number of amides is 1. The lowest BCUT2D eigenvalue weighted by atomic mass is 10.00. The standard InChI is InChI=1S/C18H14F5NO3/c19-17(20)26-15-6-2-1-5-13(15)16(25)24-9-3-4-11-10-12(7-8-14(11)24)27-18(21,22)23/h1-2,5-8,10,17H,3-4,9H2. The number of hydrogen-bond donors (Lipinski definition) is 0. The Balaban J connectivity index is 1.91. The SMILES string of the molecule is O=C(c1ccccc1OC(F)F)N1CCCc2cc(OC(F)(F)F)ccc21. The van der Waals surface area contributed by atoms with Crippen LogP contribution in [-0.4, -0.2) is 25.4 Å². The smallest absolute Gasteiger partial charge is 0.434 e. The van der Waals surface area contributed by atoms with Gasteiger partial charge in [-0.2, -0.15) is 8.78 Å². The van der Waals surface area contributed by atoms with Gasteiger partial charge in [-0.05, 0) is 48.7 Å². The van der Waals surface area contributed by atoms with Crippen molar-refractivity contribution in [3.8, 4) is 11.5 Å². The van der Waals surface area contributed by atoms with E-state index in [-0.39, 0.29) is 17.1 Å². The molecule has 9 heteroatoms. The summed E-state index contributed by atoms with van der Waals surface area (Å²) < 4.78 is 70.6. The van der Waals surface area contributed by atoms with E-state index in [2.05, 4.69) is 9.47 Å². The van der Waals surface area contributed by atoms with Crippen molar-refractivity contribution in [2.75, 3.05) is 11.4 Å². The Hall–Kier alpha value is -2.84. The van der Waals surface area contributed by atoms with Gasteiger partial charge in [0.25, 0.3) is 5.91 Å². The first-order chi connectivity index (χ1) is 12.7. The number of nitrogens with zero attached hydrogens (tertiary/aromatic N) is 1. The highest BCUT2D eigenvalue weighted by Gasteiger charge is 2.32. The summed E-state index contributed by atoms with van der Waals surface area (Å²) in [4.78, 5) is 14.2. The molecule has 0 fully saturated rings. The van der Waals surface area contributed by atoms with E-state index in [1.807, 2.05) is 0 Å². The molecule has 0 unspecified atom stereocenters. The van der Waals surface area contributed by atoms with Gasteiger partial charge < -0.3 is 14.4 Å². The summed E-state index contributed by atoms with van der Waals surface area (Å²) >= 11 is 0. The van der Waals surface area contributed by atoms with Gasteiger partial charge in [-0.25, -0.2) is 0 Å². The van der Waals surface area contributed by atoms with E-state index < -0.39 is 18.9 Å². The predicted molar refractivity (Wildman–Crippen MR) is 86.2 cm³/mol. The van der Waals surface area contributed by atoms with Gasteiger partial charge in [0, 0.05) is 12.2 Å². The number of aryl methyl sites for hydroxylation is 1. The largest absolute Gasteiger partial charge is 0.573 e. The van der Waals surface area contributed by atoms with Gasteiger partial charge in [-0.15, -0.1) is 13.2 Å². The van der Waals surface area contributed by atoms with Crippen molar-refractivity contribution in [2.24, 2.45) is 0 Å². The van der Waals surface area contributed by atoms with E-state index in [1.165, 1.54) is 41.3 Å². The Morgan fingerprint density at radius 2 is 1.85 bits per heavy atom. The molecule has 0 saturated heterocycles. The second kappa shape index (κ2) is 7.42. The predicted octanol–water partition coefficient (Wildman–Crippen LogP) is 4.78. The third-order valence-corrected chi connectivity index (χ3v) is 3.98. The Bertz CT molecular complexity index is 838. The number of anilines is 1. The fourth-order valence-corrected chi connectivity index (χ4v) is 2.97. The highest BCUT2D eigenvalue weighted by molar-refractivity contribution is 6.08. The zero-order valence-corrected chi connectivity index (χ0v) is 13.8. The van der Waals surface area contributed by atoms with Crippen molar-refractivity contribution < 1.29 is 36.2 Å². The minimum absolute atomic E-state index is 0.0544. The van der Waals surface area contributed by atoms with Gasteiger partial charge in [0.05, 0.1) is 5.56 Å². The van der Waals surface area contributed by atoms with Gasteiger partial charge in [-0.3, -0.25) is 4.79 Å². The number of carbonyl (C=O) groups is 1. The normalized spacial score (nSPS) is 14.1. The molecule has 27 heavy (non-hydrogen) atoms. The molecular weight excluding hydrogens is 373 g/mol. The average Bonchev–Trinajstić information content (AvgIpc) is 2.59. The second-order valence-electron chi connectivity index (χ2n) is 5.77. The summed E-state index contributed by atoms with van der Waals surface area (Å²) in [6.45, 7) is -2.79. The van der Waals surface area contributed by atoms with Crippen molar-refractivity contribution >= 4 is 11.6 Å². The molecule has 0 atom stereocenters. The van der Waals surface area contributed by atoms with Crippen LogP contribution in [-0.2, 0) is 6.42 Å². The van der Waals surface area contributed by atoms with E-state index in [4.69, 9.17) is 0 Å². The quantitative estimate of drug-likeness (QED) is 0.709. The summed E-state index contributed by atoms with van der Waals surface area (Å²) in [6.07, 6.45) is -3.85. The van der Waals surface area contributed by atoms with E-state index in [0.717, 1.165) is 6.07 Å². The molecule has 2 aromatic carbocycles. The van der Waals surface area contributed by atoms with Crippen molar-refractivity contribution in [1.82, 2.24) is 0 Å². The molecule has 0 radical (unpaired) electrons. The maximum Gasteiger partial charge on any atom is 0.573 e. The van der Waals surface area contributed by atoms with Crippen molar-refractivity contribution in [2.45, 2.75) is 25.8 Å². The van der Waals surface area contributed by atoms with Crippen LogP contribution in [0.15, 0.2) is 42.5 Å². The molecule has 3 rings (SSSR count). The second-order valence-corrected chi connectivity index (χ2v) is 5.77. The van der Waals surface area contributed by atoms with E-state index in [1.54, 1.807) is 0 Å². The summed E-state index contributed by atoms with van der Waals surface area (Å²) in [5.41, 5.74) is 0.859. The molecular formula is C18H14F5NO3.